The van der Waals surface area contributed by atoms with Crippen LogP contribution in [0.3, 0.4) is 0 Å². The SMILES string of the molecule is CCNC(=O)Cn1c(=O)c2c(ncn2CCC(C)C)n(Cc2ccccc2)c1=O. The molecular weight excluding hydrogens is 370 g/mol. The Morgan fingerprint density at radius 3 is 2.52 bits per heavy atom. The number of carbonyl (C=O) groups is 1. The Hall–Kier alpha value is -3.16. The first-order valence-electron chi connectivity index (χ1n) is 9.91. The second-order valence-corrected chi connectivity index (χ2v) is 7.49. The molecule has 2 heterocycles. The van der Waals surface area contributed by atoms with Crippen LogP contribution in [0, 0.1) is 5.92 Å². The van der Waals surface area contributed by atoms with Gasteiger partial charge >= 0.3 is 5.69 Å². The fraction of sp³-hybridized carbons (Fsp3) is 0.429. The van der Waals surface area contributed by atoms with E-state index in [-0.39, 0.29) is 19.0 Å². The van der Waals surface area contributed by atoms with Gasteiger partial charge in [-0.05, 0) is 24.8 Å². The zero-order valence-corrected chi connectivity index (χ0v) is 17.1. The van der Waals surface area contributed by atoms with E-state index in [1.54, 1.807) is 17.8 Å². The first kappa shape index (κ1) is 20.6. The highest BCUT2D eigenvalue weighted by molar-refractivity contribution is 5.76. The van der Waals surface area contributed by atoms with Crippen molar-refractivity contribution in [2.24, 2.45) is 5.92 Å². The Morgan fingerprint density at radius 2 is 1.86 bits per heavy atom. The van der Waals surface area contributed by atoms with Crippen LogP contribution in [0.1, 0.15) is 32.8 Å². The lowest BCUT2D eigenvalue weighted by Crippen LogP contribution is -2.44. The summed E-state index contributed by atoms with van der Waals surface area (Å²) in [6.07, 6.45) is 2.48. The maximum Gasteiger partial charge on any atom is 0.333 e. The lowest BCUT2D eigenvalue weighted by Gasteiger charge is -2.13. The largest absolute Gasteiger partial charge is 0.355 e. The number of nitrogens with one attached hydrogen (secondary N) is 1. The monoisotopic (exact) mass is 397 g/mol. The molecule has 0 bridgehead atoms. The van der Waals surface area contributed by atoms with Crippen molar-refractivity contribution in [1.29, 1.82) is 0 Å². The minimum Gasteiger partial charge on any atom is -0.355 e. The molecule has 0 aliphatic carbocycles. The molecule has 154 valence electrons. The molecule has 0 unspecified atom stereocenters. The molecule has 0 saturated carbocycles. The Bertz CT molecular complexity index is 1110. The fourth-order valence-electron chi connectivity index (χ4n) is 3.25. The number of rotatable bonds is 8. The van der Waals surface area contributed by atoms with Crippen LogP contribution >= 0.6 is 0 Å². The van der Waals surface area contributed by atoms with E-state index in [0.717, 1.165) is 16.6 Å². The summed E-state index contributed by atoms with van der Waals surface area (Å²) in [7, 11) is 0. The van der Waals surface area contributed by atoms with Crippen molar-refractivity contribution in [3.05, 3.63) is 63.1 Å². The summed E-state index contributed by atoms with van der Waals surface area (Å²) in [4.78, 5) is 42.8. The first-order valence-corrected chi connectivity index (χ1v) is 9.91. The quantitative estimate of drug-likeness (QED) is 0.625. The summed E-state index contributed by atoms with van der Waals surface area (Å²) < 4.78 is 4.26. The molecule has 8 heteroatoms. The number of aryl methyl sites for hydroxylation is 1. The van der Waals surface area contributed by atoms with Gasteiger partial charge in [0, 0.05) is 13.1 Å². The molecule has 0 atom stereocenters. The number of hydrogen-bond acceptors (Lipinski definition) is 4. The molecule has 0 aliphatic heterocycles. The second-order valence-electron chi connectivity index (χ2n) is 7.49. The summed E-state index contributed by atoms with van der Waals surface area (Å²) >= 11 is 0. The molecule has 8 nitrogen and oxygen atoms in total. The summed E-state index contributed by atoms with van der Waals surface area (Å²) in [5, 5.41) is 2.64. The van der Waals surface area contributed by atoms with Crippen molar-refractivity contribution in [2.45, 2.75) is 46.8 Å². The average Bonchev–Trinajstić information content (AvgIpc) is 3.12. The van der Waals surface area contributed by atoms with Gasteiger partial charge < -0.3 is 9.88 Å². The van der Waals surface area contributed by atoms with Crippen LogP contribution < -0.4 is 16.6 Å². The number of likely N-dealkylation sites (N-methyl/N-ethyl adjacent to an activating group) is 1. The summed E-state index contributed by atoms with van der Waals surface area (Å²) in [6, 6.07) is 9.51. The van der Waals surface area contributed by atoms with Crippen LogP contribution in [0.4, 0.5) is 0 Å². The number of fused-ring (bicyclic) bond motifs is 1. The number of carbonyl (C=O) groups excluding carboxylic acids is 1. The number of hydrogen-bond donors (Lipinski definition) is 1. The fourth-order valence-corrected chi connectivity index (χ4v) is 3.25. The smallest absolute Gasteiger partial charge is 0.333 e. The van der Waals surface area contributed by atoms with Crippen molar-refractivity contribution < 1.29 is 4.79 Å². The molecule has 0 aliphatic rings. The topological polar surface area (TPSA) is 90.9 Å². The molecule has 0 radical (unpaired) electrons. The number of imidazole rings is 1. The van der Waals surface area contributed by atoms with E-state index >= 15 is 0 Å². The molecule has 1 aromatic carbocycles. The highest BCUT2D eigenvalue weighted by atomic mass is 16.2. The van der Waals surface area contributed by atoms with Crippen molar-refractivity contribution in [3.63, 3.8) is 0 Å². The third kappa shape index (κ3) is 4.47. The van der Waals surface area contributed by atoms with Gasteiger partial charge in [-0.3, -0.25) is 14.2 Å². The van der Waals surface area contributed by atoms with Gasteiger partial charge in [0.25, 0.3) is 5.56 Å². The number of nitrogens with zero attached hydrogens (tertiary/aromatic N) is 4. The lowest BCUT2D eigenvalue weighted by atomic mass is 10.1. The Kier molecular flexibility index (Phi) is 6.31. The van der Waals surface area contributed by atoms with E-state index in [1.807, 2.05) is 30.3 Å². The molecular formula is C21H27N5O3. The van der Waals surface area contributed by atoms with Gasteiger partial charge in [0.2, 0.25) is 5.91 Å². The first-order chi connectivity index (χ1) is 13.9. The summed E-state index contributed by atoms with van der Waals surface area (Å²) in [5.74, 6) is 0.0887. The van der Waals surface area contributed by atoms with Gasteiger partial charge in [-0.25, -0.2) is 14.3 Å². The Balaban J connectivity index is 2.17. The number of amides is 1. The van der Waals surface area contributed by atoms with E-state index in [1.165, 1.54) is 4.57 Å². The molecule has 3 aromatic rings. The maximum atomic E-state index is 13.1. The summed E-state index contributed by atoms with van der Waals surface area (Å²) in [6.45, 7) is 7.02. The second kappa shape index (κ2) is 8.89. The number of aromatic nitrogens is 4. The third-order valence-corrected chi connectivity index (χ3v) is 4.79. The van der Waals surface area contributed by atoms with Crippen molar-refractivity contribution in [1.82, 2.24) is 24.0 Å². The van der Waals surface area contributed by atoms with Crippen LogP contribution in [0.5, 0.6) is 0 Å². The predicted octanol–water partition coefficient (Wildman–Crippen LogP) is 1.59. The van der Waals surface area contributed by atoms with Crippen LogP contribution in [0.25, 0.3) is 11.2 Å². The highest BCUT2D eigenvalue weighted by Crippen LogP contribution is 2.12. The minimum atomic E-state index is -0.535. The van der Waals surface area contributed by atoms with Crippen LogP contribution in [-0.4, -0.2) is 31.1 Å². The lowest BCUT2D eigenvalue weighted by molar-refractivity contribution is -0.121. The van der Waals surface area contributed by atoms with E-state index < -0.39 is 11.2 Å². The normalized spacial score (nSPS) is 11.3. The van der Waals surface area contributed by atoms with Crippen molar-refractivity contribution >= 4 is 17.1 Å². The minimum absolute atomic E-state index is 0.271. The molecule has 3 rings (SSSR count). The molecule has 0 fully saturated rings. The summed E-state index contributed by atoms with van der Waals surface area (Å²) in [5.41, 5.74) is 0.592. The van der Waals surface area contributed by atoms with E-state index in [9.17, 15) is 14.4 Å². The average molecular weight is 397 g/mol. The molecule has 0 spiro atoms. The van der Waals surface area contributed by atoms with Crippen molar-refractivity contribution in [3.8, 4) is 0 Å². The zero-order chi connectivity index (χ0) is 21.0. The molecule has 29 heavy (non-hydrogen) atoms. The third-order valence-electron chi connectivity index (χ3n) is 4.79. The van der Waals surface area contributed by atoms with Gasteiger partial charge in [0.05, 0.1) is 12.9 Å². The van der Waals surface area contributed by atoms with Gasteiger partial charge in [-0.1, -0.05) is 44.2 Å². The molecule has 0 saturated heterocycles. The van der Waals surface area contributed by atoms with Gasteiger partial charge in [0.1, 0.15) is 6.54 Å². The van der Waals surface area contributed by atoms with E-state index in [0.29, 0.717) is 30.2 Å². The van der Waals surface area contributed by atoms with Crippen molar-refractivity contribution in [2.75, 3.05) is 6.54 Å². The van der Waals surface area contributed by atoms with Gasteiger partial charge in [-0.2, -0.15) is 0 Å². The van der Waals surface area contributed by atoms with Crippen LogP contribution in [-0.2, 0) is 24.4 Å². The Morgan fingerprint density at radius 1 is 1.14 bits per heavy atom. The van der Waals surface area contributed by atoms with Gasteiger partial charge in [0.15, 0.2) is 11.2 Å². The zero-order valence-electron chi connectivity index (χ0n) is 17.1. The van der Waals surface area contributed by atoms with Crippen LogP contribution in [0.15, 0.2) is 46.2 Å². The number of benzene rings is 1. The van der Waals surface area contributed by atoms with Crippen LogP contribution in [0.2, 0.25) is 0 Å². The molecule has 1 N–H and O–H groups in total. The Labute approximate surface area is 168 Å². The maximum absolute atomic E-state index is 13.1. The standard InChI is InChI=1S/C21H27N5O3/c1-4-22-17(27)13-26-20(28)18-19(23-14-24(18)11-10-15(2)3)25(21(26)29)12-16-8-6-5-7-9-16/h5-9,14-15H,4,10-13H2,1-3H3,(H,22,27). The predicted molar refractivity (Wildman–Crippen MR) is 112 cm³/mol. The van der Waals surface area contributed by atoms with E-state index in [2.05, 4.69) is 24.1 Å². The van der Waals surface area contributed by atoms with E-state index in [4.69, 9.17) is 0 Å². The highest BCUT2D eigenvalue weighted by Gasteiger charge is 2.19. The van der Waals surface area contributed by atoms with Gasteiger partial charge in [-0.15, -0.1) is 0 Å². The molecule has 1 amide bonds. The molecule has 2 aromatic heterocycles.